The van der Waals surface area contributed by atoms with Crippen molar-refractivity contribution < 1.29 is 19.4 Å². The van der Waals surface area contributed by atoms with Gasteiger partial charge in [-0.2, -0.15) is 0 Å². The average molecular weight is 416 g/mol. The van der Waals surface area contributed by atoms with Gasteiger partial charge in [0.15, 0.2) is 17.3 Å². The van der Waals surface area contributed by atoms with Gasteiger partial charge in [0, 0.05) is 28.7 Å². The van der Waals surface area contributed by atoms with E-state index in [9.17, 15) is 14.7 Å². The number of phenolic OH excluding ortho intramolecular Hbond substituents is 1. The molecule has 0 spiro atoms. The second-order valence-electron chi connectivity index (χ2n) is 5.94. The Morgan fingerprint density at radius 1 is 1.27 bits per heavy atom. The number of amides is 1. The van der Waals surface area contributed by atoms with Crippen molar-refractivity contribution in [3.8, 4) is 11.5 Å². The molecule has 0 atom stereocenters. The van der Waals surface area contributed by atoms with E-state index < -0.39 is 0 Å². The van der Waals surface area contributed by atoms with Crippen LogP contribution in [0.2, 0.25) is 0 Å². The van der Waals surface area contributed by atoms with Crippen LogP contribution < -0.4 is 9.64 Å². The summed E-state index contributed by atoms with van der Waals surface area (Å²) in [6.07, 6.45) is 4.52. The minimum absolute atomic E-state index is 0.00225. The van der Waals surface area contributed by atoms with E-state index in [0.717, 1.165) is 18.7 Å². The van der Waals surface area contributed by atoms with Crippen molar-refractivity contribution in [2.75, 3.05) is 18.6 Å². The Balaban J connectivity index is 1.75. The Morgan fingerprint density at radius 2 is 2.00 bits per heavy atom. The maximum absolute atomic E-state index is 12.4. The number of methoxy groups -OCH3 is 1. The lowest BCUT2D eigenvalue weighted by atomic mass is 10.1. The summed E-state index contributed by atoms with van der Waals surface area (Å²) in [6, 6.07) is 10.2. The molecule has 1 fully saturated rings. The second-order valence-corrected chi connectivity index (χ2v) is 6.79. The molecular formula is C20H18BrNO4. The van der Waals surface area contributed by atoms with Crippen molar-refractivity contribution in [1.82, 2.24) is 0 Å². The molecule has 1 aliphatic heterocycles. The number of allylic oxidation sites excluding steroid dienone is 1. The number of carbonyl (C=O) groups excluding carboxylic acids is 2. The van der Waals surface area contributed by atoms with E-state index in [4.69, 9.17) is 4.74 Å². The fourth-order valence-electron chi connectivity index (χ4n) is 2.84. The van der Waals surface area contributed by atoms with Gasteiger partial charge in [-0.3, -0.25) is 9.59 Å². The van der Waals surface area contributed by atoms with E-state index >= 15 is 0 Å². The molecule has 2 aromatic rings. The van der Waals surface area contributed by atoms with Crippen LogP contribution in [0, 0.1) is 0 Å². The number of carbonyl (C=O) groups is 2. The standard InChI is InChI=1S/C20H18BrNO4/c1-26-19-12-16(21)14(11-18(19)24)6-9-17(23)13-4-7-15(8-5-13)22-10-2-3-20(22)25/h4-9,11-12,24H,2-3,10H2,1H3/b9-6+. The first-order valence-corrected chi connectivity index (χ1v) is 8.98. The summed E-state index contributed by atoms with van der Waals surface area (Å²) in [4.78, 5) is 25.9. The molecule has 0 bridgehead atoms. The van der Waals surface area contributed by atoms with Crippen LogP contribution in [-0.2, 0) is 4.79 Å². The quantitative estimate of drug-likeness (QED) is 0.587. The summed E-state index contributed by atoms with van der Waals surface area (Å²) in [6.45, 7) is 0.723. The van der Waals surface area contributed by atoms with E-state index in [2.05, 4.69) is 15.9 Å². The van der Waals surface area contributed by atoms with Gasteiger partial charge in [0.2, 0.25) is 5.91 Å². The van der Waals surface area contributed by atoms with Crippen molar-refractivity contribution in [3.05, 3.63) is 58.1 Å². The lowest BCUT2D eigenvalue weighted by Gasteiger charge is -2.15. The molecule has 0 aromatic heterocycles. The number of ketones is 1. The predicted molar refractivity (Wildman–Crippen MR) is 104 cm³/mol. The van der Waals surface area contributed by atoms with Crippen molar-refractivity contribution in [1.29, 1.82) is 0 Å². The van der Waals surface area contributed by atoms with Crippen molar-refractivity contribution in [2.24, 2.45) is 0 Å². The van der Waals surface area contributed by atoms with Gasteiger partial charge < -0.3 is 14.7 Å². The topological polar surface area (TPSA) is 66.8 Å². The fraction of sp³-hybridized carbons (Fsp3) is 0.200. The number of benzene rings is 2. The van der Waals surface area contributed by atoms with Crippen LogP contribution in [0.5, 0.6) is 11.5 Å². The molecule has 3 rings (SSSR count). The minimum Gasteiger partial charge on any atom is -0.504 e. The van der Waals surface area contributed by atoms with Crippen LogP contribution in [-0.4, -0.2) is 30.5 Å². The summed E-state index contributed by atoms with van der Waals surface area (Å²) in [5.41, 5.74) is 2.01. The van der Waals surface area contributed by atoms with Gasteiger partial charge in [0.05, 0.1) is 7.11 Å². The third-order valence-electron chi connectivity index (χ3n) is 4.25. The number of anilines is 1. The SMILES string of the molecule is COc1cc(Br)c(/C=C/C(=O)c2ccc(N3CCCC3=O)cc2)cc1O. The van der Waals surface area contributed by atoms with E-state index in [0.29, 0.717) is 27.8 Å². The third kappa shape index (κ3) is 3.80. The molecule has 5 nitrogen and oxygen atoms in total. The molecule has 0 radical (unpaired) electrons. The number of aromatic hydroxyl groups is 1. The molecular weight excluding hydrogens is 398 g/mol. The molecule has 0 unspecified atom stereocenters. The molecule has 0 aliphatic carbocycles. The molecule has 0 saturated carbocycles. The molecule has 1 amide bonds. The summed E-state index contributed by atoms with van der Waals surface area (Å²) in [7, 11) is 1.47. The highest BCUT2D eigenvalue weighted by molar-refractivity contribution is 9.10. The number of halogens is 1. The van der Waals surface area contributed by atoms with E-state index in [-0.39, 0.29) is 17.4 Å². The van der Waals surface area contributed by atoms with Crippen LogP contribution in [0.15, 0.2) is 46.9 Å². The molecule has 6 heteroatoms. The Bertz CT molecular complexity index is 874. The van der Waals surface area contributed by atoms with E-state index in [1.807, 2.05) is 0 Å². The number of ether oxygens (including phenoxy) is 1. The first kappa shape index (κ1) is 18.2. The Labute approximate surface area is 160 Å². The number of rotatable bonds is 5. The van der Waals surface area contributed by atoms with Gasteiger partial charge in [-0.05, 0) is 60.5 Å². The largest absolute Gasteiger partial charge is 0.504 e. The summed E-state index contributed by atoms with van der Waals surface area (Å²) in [5.74, 6) is 0.314. The molecule has 2 aromatic carbocycles. The first-order chi connectivity index (χ1) is 12.5. The molecule has 1 saturated heterocycles. The van der Waals surface area contributed by atoms with Crippen molar-refractivity contribution in [2.45, 2.75) is 12.8 Å². The monoisotopic (exact) mass is 415 g/mol. The van der Waals surface area contributed by atoms with E-state index in [1.165, 1.54) is 19.3 Å². The number of nitrogens with zero attached hydrogens (tertiary/aromatic N) is 1. The van der Waals surface area contributed by atoms with Gasteiger partial charge in [-0.15, -0.1) is 0 Å². The Morgan fingerprint density at radius 3 is 2.62 bits per heavy atom. The minimum atomic E-state index is -0.161. The predicted octanol–water partition coefficient (Wildman–Crippen LogP) is 4.19. The Hall–Kier alpha value is -2.60. The van der Waals surface area contributed by atoms with Gasteiger partial charge in [-0.1, -0.05) is 15.9 Å². The third-order valence-corrected chi connectivity index (χ3v) is 4.94. The highest BCUT2D eigenvalue weighted by atomic mass is 79.9. The zero-order chi connectivity index (χ0) is 18.7. The molecule has 1 N–H and O–H groups in total. The number of hydrogen-bond acceptors (Lipinski definition) is 4. The maximum Gasteiger partial charge on any atom is 0.227 e. The Kier molecular flexibility index (Phi) is 5.42. The maximum atomic E-state index is 12.4. The van der Waals surface area contributed by atoms with Gasteiger partial charge in [-0.25, -0.2) is 0 Å². The summed E-state index contributed by atoms with van der Waals surface area (Å²) >= 11 is 3.39. The lowest BCUT2D eigenvalue weighted by Crippen LogP contribution is -2.23. The molecule has 1 aliphatic rings. The van der Waals surface area contributed by atoms with Crippen LogP contribution in [0.3, 0.4) is 0 Å². The molecule has 134 valence electrons. The highest BCUT2D eigenvalue weighted by Crippen LogP contribution is 2.33. The molecule has 26 heavy (non-hydrogen) atoms. The van der Waals surface area contributed by atoms with Gasteiger partial charge in [0.25, 0.3) is 0 Å². The van der Waals surface area contributed by atoms with Gasteiger partial charge >= 0.3 is 0 Å². The van der Waals surface area contributed by atoms with Crippen LogP contribution in [0.4, 0.5) is 5.69 Å². The zero-order valence-electron chi connectivity index (χ0n) is 14.2. The second kappa shape index (κ2) is 7.74. The van der Waals surface area contributed by atoms with Crippen LogP contribution in [0.1, 0.15) is 28.8 Å². The van der Waals surface area contributed by atoms with Crippen LogP contribution in [0.25, 0.3) is 6.08 Å². The van der Waals surface area contributed by atoms with Crippen LogP contribution >= 0.6 is 15.9 Å². The highest BCUT2D eigenvalue weighted by Gasteiger charge is 2.21. The summed E-state index contributed by atoms with van der Waals surface area (Å²) in [5, 5.41) is 9.86. The average Bonchev–Trinajstić information content (AvgIpc) is 3.07. The van der Waals surface area contributed by atoms with Gasteiger partial charge in [0.1, 0.15) is 0 Å². The van der Waals surface area contributed by atoms with Crippen molar-refractivity contribution >= 4 is 39.4 Å². The number of hydrogen-bond donors (Lipinski definition) is 1. The van der Waals surface area contributed by atoms with E-state index in [1.54, 1.807) is 41.3 Å². The first-order valence-electron chi connectivity index (χ1n) is 8.19. The molecule has 1 heterocycles. The van der Waals surface area contributed by atoms with Crippen molar-refractivity contribution in [3.63, 3.8) is 0 Å². The smallest absolute Gasteiger partial charge is 0.227 e. The fourth-order valence-corrected chi connectivity index (χ4v) is 3.29. The zero-order valence-corrected chi connectivity index (χ0v) is 15.8. The lowest BCUT2D eigenvalue weighted by molar-refractivity contribution is -0.117. The number of phenols is 1. The summed E-state index contributed by atoms with van der Waals surface area (Å²) < 4.78 is 5.75. The normalized spacial score (nSPS) is 14.2.